The number of rotatable bonds is 10. The van der Waals surface area contributed by atoms with Gasteiger partial charge in [-0.1, -0.05) is 160 Å². The van der Waals surface area contributed by atoms with Gasteiger partial charge in [0.05, 0.1) is 0 Å². The number of hydrogen-bond acceptors (Lipinski definition) is 2. The van der Waals surface area contributed by atoms with Gasteiger partial charge in [-0.2, -0.15) is 0 Å². The van der Waals surface area contributed by atoms with E-state index in [0.29, 0.717) is 0 Å². The monoisotopic (exact) mass is 750 g/mol. The summed E-state index contributed by atoms with van der Waals surface area (Å²) < 4.78 is 0. The molecule has 0 N–H and O–H groups in total. The fourth-order valence-electron chi connectivity index (χ4n) is 7.61. The topological polar surface area (TPSA) is 6.48 Å². The summed E-state index contributed by atoms with van der Waals surface area (Å²) >= 11 is 0. The summed E-state index contributed by atoms with van der Waals surface area (Å²) in [6, 6.07) is 72.2. The third-order valence-electron chi connectivity index (χ3n) is 10.7. The van der Waals surface area contributed by atoms with Crippen molar-refractivity contribution in [1.29, 1.82) is 0 Å². The lowest BCUT2D eigenvalue weighted by molar-refractivity contribution is 0.590. The van der Waals surface area contributed by atoms with Crippen LogP contribution in [0.4, 0.5) is 34.1 Å². The van der Waals surface area contributed by atoms with Crippen molar-refractivity contribution < 1.29 is 0 Å². The van der Waals surface area contributed by atoms with Crippen LogP contribution < -0.4 is 9.80 Å². The summed E-state index contributed by atoms with van der Waals surface area (Å²) in [6.45, 7) is 11.1. The summed E-state index contributed by atoms with van der Waals surface area (Å²) in [4.78, 5) is 4.65. The number of hydrogen-bond donors (Lipinski definition) is 0. The average molecular weight is 751 g/mol. The Morgan fingerprint density at radius 1 is 0.328 bits per heavy atom. The van der Waals surface area contributed by atoms with E-state index in [1.165, 1.54) is 55.8 Å². The van der Waals surface area contributed by atoms with Gasteiger partial charge < -0.3 is 9.80 Å². The van der Waals surface area contributed by atoms with E-state index < -0.39 is 0 Å². The molecule has 0 fully saturated rings. The molecule has 58 heavy (non-hydrogen) atoms. The molecule has 2 heteroatoms. The van der Waals surface area contributed by atoms with Crippen molar-refractivity contribution >= 4 is 46.3 Å². The van der Waals surface area contributed by atoms with Gasteiger partial charge in [-0.05, 0) is 142 Å². The predicted molar refractivity (Wildman–Crippen MR) is 250 cm³/mol. The van der Waals surface area contributed by atoms with Crippen LogP contribution in [0.1, 0.15) is 48.6 Å². The maximum absolute atomic E-state index is 2.36. The third kappa shape index (κ3) is 8.73. The molecule has 0 aliphatic carbocycles. The number of aryl methyl sites for hydroxylation is 2. The Morgan fingerprint density at radius 2 is 0.638 bits per heavy atom. The van der Waals surface area contributed by atoms with E-state index in [1.54, 1.807) is 0 Å². The van der Waals surface area contributed by atoms with Gasteiger partial charge in [0.2, 0.25) is 0 Å². The highest BCUT2D eigenvalue weighted by atomic mass is 15.1. The predicted octanol–water partition coefficient (Wildman–Crippen LogP) is 16.0. The number of benzene rings is 8. The van der Waals surface area contributed by atoms with Gasteiger partial charge in [-0.25, -0.2) is 0 Å². The zero-order chi connectivity index (χ0) is 40.1. The van der Waals surface area contributed by atoms with Gasteiger partial charge in [0.25, 0.3) is 0 Å². The SMILES string of the molecule is Cc1cc(C)cc(N(c2ccc(-c3ccc(/C=C/c4ccc(-c5ccc(N(c6ccccc6)c6ccccc6)cc5)cc4)cc3)cc2)c2ccc(C(C)(C)C)cc2)c1. The molecule has 0 atom stereocenters. The standard InChI is InChI=1S/C56H50N2/c1-41-38-42(2)40-55(39-41)58(54-36-30-49(31-37-54)56(3,4)5)53-34-28-48(29-35-53)46-24-20-44(21-25-46)17-16-43-18-22-45(23-19-43)47-26-32-52(33-27-47)57(50-12-8-6-9-13-50)51-14-10-7-11-15-51/h6-40H,1-5H3/b17-16+. The Kier molecular flexibility index (Phi) is 10.9. The highest BCUT2D eigenvalue weighted by Gasteiger charge is 2.17. The van der Waals surface area contributed by atoms with Gasteiger partial charge in [0, 0.05) is 34.1 Å². The van der Waals surface area contributed by atoms with E-state index in [0.717, 1.165) is 28.4 Å². The lowest BCUT2D eigenvalue weighted by Gasteiger charge is -2.27. The summed E-state index contributed by atoms with van der Waals surface area (Å²) in [6.07, 6.45) is 4.37. The Bertz CT molecular complexity index is 2540. The van der Waals surface area contributed by atoms with E-state index >= 15 is 0 Å². The average Bonchev–Trinajstić information content (AvgIpc) is 3.24. The molecular formula is C56H50N2. The molecule has 2 nitrogen and oxygen atoms in total. The summed E-state index contributed by atoms with van der Waals surface area (Å²) in [7, 11) is 0. The van der Waals surface area contributed by atoms with E-state index in [9.17, 15) is 0 Å². The molecule has 0 aliphatic rings. The van der Waals surface area contributed by atoms with Crippen LogP contribution in [-0.4, -0.2) is 0 Å². The van der Waals surface area contributed by atoms with Crippen molar-refractivity contribution in [2.75, 3.05) is 9.80 Å². The molecule has 0 saturated heterocycles. The number of para-hydroxylation sites is 2. The highest BCUT2D eigenvalue weighted by molar-refractivity contribution is 5.81. The Balaban J connectivity index is 0.952. The smallest absolute Gasteiger partial charge is 0.0466 e. The lowest BCUT2D eigenvalue weighted by Crippen LogP contribution is -2.13. The molecular weight excluding hydrogens is 701 g/mol. The third-order valence-corrected chi connectivity index (χ3v) is 10.7. The first kappa shape index (κ1) is 38.0. The van der Waals surface area contributed by atoms with Crippen molar-refractivity contribution in [3.05, 3.63) is 228 Å². The maximum atomic E-state index is 2.36. The Morgan fingerprint density at radius 3 is 1.00 bits per heavy atom. The van der Waals surface area contributed by atoms with Gasteiger partial charge in [-0.15, -0.1) is 0 Å². The van der Waals surface area contributed by atoms with Gasteiger partial charge in [0.15, 0.2) is 0 Å². The van der Waals surface area contributed by atoms with Gasteiger partial charge in [-0.3, -0.25) is 0 Å². The molecule has 0 radical (unpaired) electrons. The largest absolute Gasteiger partial charge is 0.311 e. The van der Waals surface area contributed by atoms with E-state index in [-0.39, 0.29) is 5.41 Å². The maximum Gasteiger partial charge on any atom is 0.0466 e. The van der Waals surface area contributed by atoms with E-state index in [1.807, 2.05) is 0 Å². The number of anilines is 6. The van der Waals surface area contributed by atoms with Crippen molar-refractivity contribution in [1.82, 2.24) is 0 Å². The number of nitrogens with zero attached hydrogens (tertiary/aromatic N) is 2. The molecule has 0 aromatic heterocycles. The molecule has 8 aromatic rings. The molecule has 0 heterocycles. The van der Waals surface area contributed by atoms with Crippen molar-refractivity contribution in [3.8, 4) is 22.3 Å². The molecule has 0 spiro atoms. The summed E-state index contributed by atoms with van der Waals surface area (Å²) in [5.74, 6) is 0. The second-order valence-electron chi connectivity index (χ2n) is 16.2. The van der Waals surface area contributed by atoms with E-state index in [4.69, 9.17) is 0 Å². The molecule has 0 amide bonds. The zero-order valence-electron chi connectivity index (χ0n) is 34.1. The zero-order valence-corrected chi connectivity index (χ0v) is 34.1. The lowest BCUT2D eigenvalue weighted by atomic mass is 9.87. The molecule has 8 rings (SSSR count). The van der Waals surface area contributed by atoms with Gasteiger partial charge >= 0.3 is 0 Å². The fraction of sp³-hybridized carbons (Fsp3) is 0.107. The molecule has 0 bridgehead atoms. The minimum atomic E-state index is 0.104. The Hall–Kier alpha value is -6.90. The second kappa shape index (κ2) is 16.7. The van der Waals surface area contributed by atoms with Crippen molar-refractivity contribution in [2.45, 2.75) is 40.0 Å². The highest BCUT2D eigenvalue weighted by Crippen LogP contribution is 2.38. The van der Waals surface area contributed by atoms with Crippen molar-refractivity contribution in [3.63, 3.8) is 0 Å². The van der Waals surface area contributed by atoms with Crippen LogP contribution >= 0.6 is 0 Å². The molecule has 284 valence electrons. The molecule has 0 saturated carbocycles. The van der Waals surface area contributed by atoms with Crippen LogP contribution in [0.3, 0.4) is 0 Å². The van der Waals surface area contributed by atoms with Crippen LogP contribution in [0.2, 0.25) is 0 Å². The molecule has 8 aromatic carbocycles. The quantitative estimate of drug-likeness (QED) is 0.128. The Labute approximate surface area is 345 Å². The second-order valence-corrected chi connectivity index (χ2v) is 16.2. The van der Waals surface area contributed by atoms with Crippen LogP contribution in [-0.2, 0) is 5.41 Å². The summed E-state index contributed by atoms with van der Waals surface area (Å²) in [5.41, 5.74) is 17.9. The van der Waals surface area contributed by atoms with Crippen molar-refractivity contribution in [2.24, 2.45) is 0 Å². The molecule has 0 aliphatic heterocycles. The fourth-order valence-corrected chi connectivity index (χ4v) is 7.61. The normalized spacial score (nSPS) is 11.5. The first-order valence-electron chi connectivity index (χ1n) is 20.2. The van der Waals surface area contributed by atoms with Crippen LogP contribution in [0.25, 0.3) is 34.4 Å². The summed E-state index contributed by atoms with van der Waals surface area (Å²) in [5, 5.41) is 0. The molecule has 0 unspecified atom stereocenters. The first-order valence-corrected chi connectivity index (χ1v) is 20.2. The van der Waals surface area contributed by atoms with Crippen LogP contribution in [0.5, 0.6) is 0 Å². The van der Waals surface area contributed by atoms with Crippen LogP contribution in [0, 0.1) is 13.8 Å². The minimum absolute atomic E-state index is 0.104. The van der Waals surface area contributed by atoms with Crippen LogP contribution in [0.15, 0.2) is 200 Å². The van der Waals surface area contributed by atoms with E-state index in [2.05, 4.69) is 257 Å². The first-order chi connectivity index (χ1) is 28.2. The van der Waals surface area contributed by atoms with Gasteiger partial charge in [0.1, 0.15) is 0 Å². The minimum Gasteiger partial charge on any atom is -0.311 e.